The summed E-state index contributed by atoms with van der Waals surface area (Å²) in [6, 6.07) is 12.0. The van der Waals surface area contributed by atoms with Crippen LogP contribution in [0.5, 0.6) is 5.75 Å². The van der Waals surface area contributed by atoms with Crippen LogP contribution in [0.2, 0.25) is 0 Å². The van der Waals surface area contributed by atoms with Crippen LogP contribution in [0.3, 0.4) is 0 Å². The first-order valence-corrected chi connectivity index (χ1v) is 12.4. The molecule has 1 aliphatic rings. The predicted molar refractivity (Wildman–Crippen MR) is 126 cm³/mol. The van der Waals surface area contributed by atoms with Crippen molar-refractivity contribution in [3.8, 4) is 5.75 Å². The van der Waals surface area contributed by atoms with Crippen molar-refractivity contribution in [1.82, 2.24) is 0 Å². The minimum Gasteiger partial charge on any atom is -0.481 e. The van der Waals surface area contributed by atoms with Crippen LogP contribution < -0.4 is 19.3 Å². The van der Waals surface area contributed by atoms with Crippen LogP contribution in [0.4, 0.5) is 17.1 Å². The summed E-state index contributed by atoms with van der Waals surface area (Å²) in [7, 11) is -1.89. The Morgan fingerprint density at radius 3 is 2.47 bits per heavy atom. The summed E-state index contributed by atoms with van der Waals surface area (Å²) >= 11 is 0. The molecule has 0 aromatic heterocycles. The van der Waals surface area contributed by atoms with E-state index in [0.717, 1.165) is 23.9 Å². The van der Waals surface area contributed by atoms with E-state index in [1.54, 1.807) is 35.2 Å². The zero-order chi connectivity index (χ0) is 23.5. The van der Waals surface area contributed by atoms with Crippen molar-refractivity contribution in [2.24, 2.45) is 0 Å². The van der Waals surface area contributed by atoms with E-state index in [0.29, 0.717) is 36.5 Å². The average Bonchev–Trinajstić information content (AvgIpc) is 3.18. The van der Waals surface area contributed by atoms with E-state index in [1.165, 1.54) is 11.4 Å². The lowest BCUT2D eigenvalue weighted by Gasteiger charge is -2.21. The fourth-order valence-electron chi connectivity index (χ4n) is 3.52. The van der Waals surface area contributed by atoms with Gasteiger partial charge in [0.1, 0.15) is 5.75 Å². The largest absolute Gasteiger partial charge is 0.481 e. The quantitative estimate of drug-likeness (QED) is 0.653. The third kappa shape index (κ3) is 5.40. The number of carbonyl (C=O) groups excluding carboxylic acids is 2. The van der Waals surface area contributed by atoms with Gasteiger partial charge in [-0.25, -0.2) is 8.42 Å². The Hall–Kier alpha value is -3.07. The first-order chi connectivity index (χ1) is 15.1. The molecule has 1 atom stereocenters. The highest BCUT2D eigenvalue weighted by Crippen LogP contribution is 2.28. The van der Waals surface area contributed by atoms with Gasteiger partial charge in [-0.3, -0.25) is 13.9 Å². The molecule has 0 aliphatic carbocycles. The maximum Gasteiger partial charge on any atom is 0.265 e. The van der Waals surface area contributed by atoms with Crippen molar-refractivity contribution >= 4 is 38.9 Å². The van der Waals surface area contributed by atoms with Crippen LogP contribution >= 0.6 is 0 Å². The van der Waals surface area contributed by atoms with Crippen molar-refractivity contribution < 1.29 is 22.7 Å². The second-order valence-electron chi connectivity index (χ2n) is 7.88. The number of rotatable bonds is 8. The second kappa shape index (κ2) is 9.60. The van der Waals surface area contributed by atoms with E-state index in [4.69, 9.17) is 4.74 Å². The normalized spacial score (nSPS) is 14.9. The van der Waals surface area contributed by atoms with Gasteiger partial charge in [0.2, 0.25) is 15.9 Å². The summed E-state index contributed by atoms with van der Waals surface area (Å²) in [5, 5.41) is 2.88. The Balaban J connectivity index is 1.69. The van der Waals surface area contributed by atoms with Gasteiger partial charge >= 0.3 is 0 Å². The minimum atomic E-state index is -3.36. The van der Waals surface area contributed by atoms with Crippen molar-refractivity contribution in [3.63, 3.8) is 0 Å². The molecule has 172 valence electrons. The summed E-state index contributed by atoms with van der Waals surface area (Å²) in [5.74, 6) is 0.258. The molecule has 0 bridgehead atoms. The highest BCUT2D eigenvalue weighted by Gasteiger charge is 2.24. The lowest BCUT2D eigenvalue weighted by Crippen LogP contribution is -2.32. The topological polar surface area (TPSA) is 96.0 Å². The lowest BCUT2D eigenvalue weighted by molar-refractivity contribution is -0.122. The second-order valence-corrected chi connectivity index (χ2v) is 9.89. The van der Waals surface area contributed by atoms with Gasteiger partial charge in [0.05, 0.1) is 11.9 Å². The maximum absolute atomic E-state index is 12.8. The molecule has 0 spiro atoms. The number of aryl methyl sites for hydroxylation is 1. The Morgan fingerprint density at radius 1 is 1.22 bits per heavy atom. The third-order valence-corrected chi connectivity index (χ3v) is 6.69. The average molecular weight is 460 g/mol. The molecule has 2 amide bonds. The molecule has 0 radical (unpaired) electrons. The highest BCUT2D eigenvalue weighted by molar-refractivity contribution is 7.92. The number of anilines is 3. The molecule has 2 aromatic carbocycles. The number of ether oxygens (including phenoxy) is 1. The molecule has 32 heavy (non-hydrogen) atoms. The SMILES string of the molecule is CCC(Oc1ccc(N(C)S(C)(=O)=O)cc1)C(=O)Nc1ccc(C)c(N2CCCC2=O)c1. The Kier molecular flexibility index (Phi) is 7.08. The van der Waals surface area contributed by atoms with Crippen LogP contribution in [0.25, 0.3) is 0 Å². The van der Waals surface area contributed by atoms with Gasteiger partial charge in [0.15, 0.2) is 6.10 Å². The molecule has 2 aromatic rings. The molecule has 1 saturated heterocycles. The van der Waals surface area contributed by atoms with Gasteiger partial charge in [0, 0.05) is 31.4 Å². The smallest absolute Gasteiger partial charge is 0.265 e. The molecule has 1 aliphatic heterocycles. The molecule has 1 heterocycles. The summed E-state index contributed by atoms with van der Waals surface area (Å²) < 4.78 is 30.4. The Bertz CT molecular complexity index is 1100. The van der Waals surface area contributed by atoms with Gasteiger partial charge in [-0.05, 0) is 61.7 Å². The van der Waals surface area contributed by atoms with Crippen molar-refractivity contribution in [2.45, 2.75) is 39.2 Å². The van der Waals surface area contributed by atoms with Crippen molar-refractivity contribution in [2.75, 3.05) is 34.4 Å². The summed E-state index contributed by atoms with van der Waals surface area (Å²) in [4.78, 5) is 26.7. The number of sulfonamides is 1. The highest BCUT2D eigenvalue weighted by atomic mass is 32.2. The predicted octanol–water partition coefficient (Wildman–Crippen LogP) is 3.31. The molecular weight excluding hydrogens is 430 g/mol. The number of hydrogen-bond acceptors (Lipinski definition) is 5. The number of amides is 2. The lowest BCUT2D eigenvalue weighted by atomic mass is 10.1. The van der Waals surface area contributed by atoms with Gasteiger partial charge in [-0.15, -0.1) is 0 Å². The molecule has 0 saturated carbocycles. The van der Waals surface area contributed by atoms with Crippen molar-refractivity contribution in [1.29, 1.82) is 0 Å². The fraction of sp³-hybridized carbons (Fsp3) is 0.391. The van der Waals surface area contributed by atoms with E-state index in [1.807, 2.05) is 26.0 Å². The van der Waals surface area contributed by atoms with Crippen LogP contribution in [-0.2, 0) is 19.6 Å². The molecule has 1 unspecified atom stereocenters. The molecule has 1 fully saturated rings. The summed E-state index contributed by atoms with van der Waals surface area (Å²) in [5.41, 5.74) is 2.88. The van der Waals surface area contributed by atoms with Gasteiger partial charge in [-0.1, -0.05) is 13.0 Å². The molecule has 1 N–H and O–H groups in total. The molecule has 8 nitrogen and oxygen atoms in total. The summed E-state index contributed by atoms with van der Waals surface area (Å²) in [6.07, 6.45) is 2.22. The van der Waals surface area contributed by atoms with E-state index in [2.05, 4.69) is 5.32 Å². The summed E-state index contributed by atoms with van der Waals surface area (Å²) in [6.45, 7) is 4.47. The molecule has 3 rings (SSSR count). The van der Waals surface area contributed by atoms with E-state index >= 15 is 0 Å². The van der Waals surface area contributed by atoms with Crippen molar-refractivity contribution in [3.05, 3.63) is 48.0 Å². The fourth-order valence-corrected chi connectivity index (χ4v) is 4.02. The first kappa shape index (κ1) is 23.6. The number of benzene rings is 2. The van der Waals surface area contributed by atoms with Crippen LogP contribution in [0.1, 0.15) is 31.7 Å². The number of nitrogens with one attached hydrogen (secondary N) is 1. The van der Waals surface area contributed by atoms with Crippen LogP contribution in [0.15, 0.2) is 42.5 Å². The van der Waals surface area contributed by atoms with E-state index < -0.39 is 16.1 Å². The van der Waals surface area contributed by atoms with Crippen LogP contribution in [-0.4, -0.2) is 46.2 Å². The van der Waals surface area contributed by atoms with Gasteiger partial charge in [-0.2, -0.15) is 0 Å². The number of carbonyl (C=O) groups is 2. The van der Waals surface area contributed by atoms with Gasteiger partial charge in [0.25, 0.3) is 5.91 Å². The third-order valence-electron chi connectivity index (χ3n) is 5.48. The monoisotopic (exact) mass is 459 g/mol. The van der Waals surface area contributed by atoms with Gasteiger partial charge < -0.3 is 15.0 Å². The van der Waals surface area contributed by atoms with E-state index in [-0.39, 0.29) is 11.8 Å². The zero-order valence-electron chi connectivity index (χ0n) is 18.8. The van der Waals surface area contributed by atoms with E-state index in [9.17, 15) is 18.0 Å². The Labute approximate surface area is 189 Å². The maximum atomic E-state index is 12.8. The first-order valence-electron chi connectivity index (χ1n) is 10.5. The minimum absolute atomic E-state index is 0.0938. The van der Waals surface area contributed by atoms with Crippen LogP contribution in [0, 0.1) is 6.92 Å². The Morgan fingerprint density at radius 2 is 1.91 bits per heavy atom. The molecular formula is C23H29N3O5S. The number of hydrogen-bond donors (Lipinski definition) is 1. The number of nitrogens with zero attached hydrogens (tertiary/aromatic N) is 2. The standard InChI is InChI=1S/C23H29N3O5S/c1-5-21(31-19-12-10-18(11-13-19)25(3)32(4,29)30)23(28)24-17-9-8-16(2)20(15-17)26-14-6-7-22(26)27/h8-13,15,21H,5-7,14H2,1-4H3,(H,24,28). The molecule has 9 heteroatoms. The zero-order valence-corrected chi connectivity index (χ0v) is 19.6.